The Morgan fingerprint density at radius 1 is 1.36 bits per heavy atom. The van der Waals surface area contributed by atoms with Crippen molar-refractivity contribution in [3.05, 3.63) is 34.9 Å². The fourth-order valence-electron chi connectivity index (χ4n) is 1.03. The number of halogens is 1. The normalized spacial score (nSPS) is 12.8. The van der Waals surface area contributed by atoms with E-state index in [0.717, 1.165) is 10.6 Å². The summed E-state index contributed by atoms with van der Waals surface area (Å²) in [5, 5.41) is 0.754. The minimum absolute atomic E-state index is 0.419. The largest absolute Gasteiger partial charge is 0.376 e. The van der Waals surface area contributed by atoms with Crippen molar-refractivity contribution in [2.45, 2.75) is 13.5 Å². The first-order valence-corrected chi connectivity index (χ1v) is 5.12. The minimum atomic E-state index is 0.419. The van der Waals surface area contributed by atoms with Gasteiger partial charge in [-0.15, -0.1) is 0 Å². The molecule has 0 aliphatic carbocycles. The highest BCUT2D eigenvalue weighted by atomic mass is 35.5. The van der Waals surface area contributed by atoms with E-state index < -0.39 is 0 Å². The van der Waals surface area contributed by atoms with Gasteiger partial charge in [0.25, 0.3) is 0 Å². The van der Waals surface area contributed by atoms with Gasteiger partial charge in [-0.2, -0.15) is 0 Å². The Morgan fingerprint density at radius 2 is 2.00 bits per heavy atom. The van der Waals surface area contributed by atoms with E-state index in [1.54, 1.807) is 0 Å². The number of nitrogens with two attached hydrogens (primary N) is 1. The van der Waals surface area contributed by atoms with Crippen LogP contribution in [-0.2, 0) is 11.3 Å². The third-order valence-corrected chi connectivity index (χ3v) is 2.24. The van der Waals surface area contributed by atoms with Crippen LogP contribution in [0.15, 0.2) is 24.3 Å². The van der Waals surface area contributed by atoms with Crippen molar-refractivity contribution in [1.29, 1.82) is 0 Å². The quantitative estimate of drug-likeness (QED) is 0.816. The second-order valence-electron chi connectivity index (χ2n) is 3.48. The molecule has 1 atom stereocenters. The Bertz CT molecular complexity index is 260. The van der Waals surface area contributed by atoms with Gasteiger partial charge in [-0.3, -0.25) is 0 Å². The molecule has 0 radical (unpaired) electrons. The molecule has 0 amide bonds. The van der Waals surface area contributed by atoms with Gasteiger partial charge in [-0.05, 0) is 30.2 Å². The van der Waals surface area contributed by atoms with E-state index >= 15 is 0 Å². The molecule has 1 aromatic rings. The number of rotatable bonds is 5. The van der Waals surface area contributed by atoms with E-state index in [0.29, 0.717) is 25.7 Å². The van der Waals surface area contributed by atoms with E-state index in [-0.39, 0.29) is 0 Å². The van der Waals surface area contributed by atoms with E-state index in [2.05, 4.69) is 6.92 Å². The molecule has 1 unspecified atom stereocenters. The van der Waals surface area contributed by atoms with Gasteiger partial charge in [0.05, 0.1) is 13.2 Å². The predicted octanol–water partition coefficient (Wildman–Crippen LogP) is 2.45. The molecule has 0 saturated heterocycles. The van der Waals surface area contributed by atoms with Gasteiger partial charge in [0.1, 0.15) is 0 Å². The second kappa shape index (κ2) is 6.02. The van der Waals surface area contributed by atoms with E-state index in [1.165, 1.54) is 0 Å². The molecule has 0 aliphatic heterocycles. The van der Waals surface area contributed by atoms with Gasteiger partial charge < -0.3 is 10.5 Å². The first kappa shape index (κ1) is 11.5. The van der Waals surface area contributed by atoms with Crippen molar-refractivity contribution in [3.8, 4) is 0 Å². The first-order chi connectivity index (χ1) is 6.72. The van der Waals surface area contributed by atoms with Crippen LogP contribution < -0.4 is 5.73 Å². The predicted molar refractivity (Wildman–Crippen MR) is 59.3 cm³/mol. The topological polar surface area (TPSA) is 35.2 Å². The van der Waals surface area contributed by atoms with Gasteiger partial charge >= 0.3 is 0 Å². The summed E-state index contributed by atoms with van der Waals surface area (Å²) in [5.74, 6) is 0.419. The maximum Gasteiger partial charge on any atom is 0.0717 e. The van der Waals surface area contributed by atoms with Gasteiger partial charge in [-0.1, -0.05) is 30.7 Å². The van der Waals surface area contributed by atoms with Crippen LogP contribution in [0.1, 0.15) is 12.5 Å². The first-order valence-electron chi connectivity index (χ1n) is 4.74. The zero-order valence-electron chi connectivity index (χ0n) is 8.37. The maximum absolute atomic E-state index is 5.76. The summed E-state index contributed by atoms with van der Waals surface area (Å²) >= 11 is 5.76. The summed E-state index contributed by atoms with van der Waals surface area (Å²) in [4.78, 5) is 0. The molecule has 0 bridgehead atoms. The summed E-state index contributed by atoms with van der Waals surface area (Å²) < 4.78 is 5.49. The number of benzene rings is 1. The van der Waals surface area contributed by atoms with Crippen molar-refractivity contribution >= 4 is 11.6 Å². The van der Waals surface area contributed by atoms with Crippen LogP contribution in [0.3, 0.4) is 0 Å². The van der Waals surface area contributed by atoms with Crippen molar-refractivity contribution in [2.75, 3.05) is 13.2 Å². The SMILES string of the molecule is CC(CN)COCc1ccc(Cl)cc1. The average molecular weight is 214 g/mol. The summed E-state index contributed by atoms with van der Waals surface area (Å²) in [7, 11) is 0. The van der Waals surface area contributed by atoms with Crippen LogP contribution in [-0.4, -0.2) is 13.2 Å². The molecule has 1 aromatic carbocycles. The molecule has 2 N–H and O–H groups in total. The lowest BCUT2D eigenvalue weighted by Gasteiger charge is -2.09. The molecule has 0 heterocycles. The Balaban J connectivity index is 2.28. The molecule has 0 fully saturated rings. The van der Waals surface area contributed by atoms with E-state index in [1.807, 2.05) is 24.3 Å². The molecule has 3 heteroatoms. The van der Waals surface area contributed by atoms with Gasteiger partial charge in [0, 0.05) is 5.02 Å². The Hall–Kier alpha value is -0.570. The molecule has 78 valence electrons. The highest BCUT2D eigenvalue weighted by Gasteiger charge is 1.99. The molecule has 0 aromatic heterocycles. The summed E-state index contributed by atoms with van der Waals surface area (Å²) in [6.07, 6.45) is 0. The van der Waals surface area contributed by atoms with Crippen molar-refractivity contribution in [2.24, 2.45) is 11.7 Å². The molecular formula is C11H16ClNO. The lowest BCUT2D eigenvalue weighted by molar-refractivity contribution is 0.0944. The lowest BCUT2D eigenvalue weighted by Crippen LogP contribution is -2.16. The zero-order chi connectivity index (χ0) is 10.4. The Kier molecular flexibility index (Phi) is 4.94. The summed E-state index contributed by atoms with van der Waals surface area (Å²) in [6.45, 7) is 4.07. The zero-order valence-corrected chi connectivity index (χ0v) is 9.13. The maximum atomic E-state index is 5.76. The van der Waals surface area contributed by atoms with Crippen LogP contribution in [0.25, 0.3) is 0 Å². The lowest BCUT2D eigenvalue weighted by atomic mass is 10.2. The molecule has 0 aliphatic rings. The monoisotopic (exact) mass is 213 g/mol. The highest BCUT2D eigenvalue weighted by molar-refractivity contribution is 6.30. The smallest absolute Gasteiger partial charge is 0.0717 e. The van der Waals surface area contributed by atoms with E-state index in [9.17, 15) is 0 Å². The van der Waals surface area contributed by atoms with Crippen LogP contribution in [0.4, 0.5) is 0 Å². The molecular weight excluding hydrogens is 198 g/mol. The number of ether oxygens (including phenoxy) is 1. The minimum Gasteiger partial charge on any atom is -0.376 e. The van der Waals surface area contributed by atoms with Gasteiger partial charge in [-0.25, -0.2) is 0 Å². The van der Waals surface area contributed by atoms with Crippen LogP contribution in [0, 0.1) is 5.92 Å². The molecule has 1 rings (SSSR count). The standard InChI is InChI=1S/C11H16ClNO/c1-9(6-13)7-14-8-10-2-4-11(12)5-3-10/h2-5,9H,6-8,13H2,1H3. The fraction of sp³-hybridized carbons (Fsp3) is 0.455. The number of hydrogen-bond acceptors (Lipinski definition) is 2. The van der Waals surface area contributed by atoms with Crippen molar-refractivity contribution in [3.63, 3.8) is 0 Å². The third-order valence-electron chi connectivity index (χ3n) is 1.99. The van der Waals surface area contributed by atoms with Gasteiger partial charge in [0.2, 0.25) is 0 Å². The fourth-order valence-corrected chi connectivity index (χ4v) is 1.15. The molecule has 2 nitrogen and oxygen atoms in total. The highest BCUT2D eigenvalue weighted by Crippen LogP contribution is 2.10. The number of hydrogen-bond donors (Lipinski definition) is 1. The molecule has 0 saturated carbocycles. The Morgan fingerprint density at radius 3 is 2.57 bits per heavy atom. The van der Waals surface area contributed by atoms with Crippen LogP contribution >= 0.6 is 11.6 Å². The van der Waals surface area contributed by atoms with Gasteiger partial charge in [0.15, 0.2) is 0 Å². The molecule has 14 heavy (non-hydrogen) atoms. The van der Waals surface area contributed by atoms with E-state index in [4.69, 9.17) is 22.1 Å². The van der Waals surface area contributed by atoms with Crippen LogP contribution in [0.2, 0.25) is 5.02 Å². The van der Waals surface area contributed by atoms with Crippen molar-refractivity contribution in [1.82, 2.24) is 0 Å². The average Bonchev–Trinajstić information content (AvgIpc) is 2.21. The summed E-state index contributed by atoms with van der Waals surface area (Å²) in [6, 6.07) is 7.67. The Labute approximate surface area is 90.0 Å². The summed E-state index contributed by atoms with van der Waals surface area (Å²) in [5.41, 5.74) is 6.61. The third kappa shape index (κ3) is 4.09. The second-order valence-corrected chi connectivity index (χ2v) is 3.92. The molecule has 0 spiro atoms. The van der Waals surface area contributed by atoms with Crippen LogP contribution in [0.5, 0.6) is 0 Å². The van der Waals surface area contributed by atoms with Crippen molar-refractivity contribution < 1.29 is 4.74 Å².